The van der Waals surface area contributed by atoms with Crippen LogP contribution < -0.4 is 5.32 Å². The van der Waals surface area contributed by atoms with Crippen LogP contribution in [0.4, 0.5) is 0 Å². The highest BCUT2D eigenvalue weighted by molar-refractivity contribution is 5.89. The largest absolute Gasteiger partial charge is 0.322 e. The minimum absolute atomic E-state index is 0.132. The standard InChI is InChI=1S/C16H30N2O/c1-6-9-13-17-16(10-7-8-11-16)14(19)18(13)12(2)15(3,4)5/h12-13,17H,6-11H2,1-5H3. The van der Waals surface area contributed by atoms with Crippen molar-refractivity contribution < 1.29 is 4.79 Å². The first-order chi connectivity index (χ1) is 8.82. The third-order valence-electron chi connectivity index (χ3n) is 5.11. The van der Waals surface area contributed by atoms with Gasteiger partial charge in [0.05, 0.1) is 11.7 Å². The van der Waals surface area contributed by atoms with E-state index < -0.39 is 0 Å². The maximum absolute atomic E-state index is 13.0. The summed E-state index contributed by atoms with van der Waals surface area (Å²) in [5.74, 6) is 0.367. The molecule has 1 aliphatic carbocycles. The van der Waals surface area contributed by atoms with Gasteiger partial charge >= 0.3 is 0 Å². The number of rotatable bonds is 3. The van der Waals surface area contributed by atoms with E-state index in [0.29, 0.717) is 5.91 Å². The lowest BCUT2D eigenvalue weighted by Gasteiger charge is -2.38. The van der Waals surface area contributed by atoms with Crippen LogP contribution in [0, 0.1) is 5.41 Å². The number of hydrogen-bond donors (Lipinski definition) is 1. The lowest BCUT2D eigenvalue weighted by Crippen LogP contribution is -2.49. The summed E-state index contributed by atoms with van der Waals surface area (Å²) in [5.41, 5.74) is -0.0905. The van der Waals surface area contributed by atoms with Gasteiger partial charge in [-0.3, -0.25) is 10.1 Å². The molecule has 2 rings (SSSR count). The summed E-state index contributed by atoms with van der Waals surface area (Å²) in [5, 5.41) is 3.70. The van der Waals surface area contributed by atoms with Crippen molar-refractivity contribution in [1.82, 2.24) is 10.2 Å². The fraction of sp³-hybridized carbons (Fsp3) is 0.938. The Labute approximate surface area is 118 Å². The van der Waals surface area contributed by atoms with Gasteiger partial charge in [0.25, 0.3) is 0 Å². The SMILES string of the molecule is CCCC1NC2(CCCC2)C(=O)N1C(C)C(C)(C)C. The second-order valence-corrected chi connectivity index (χ2v) is 7.49. The fourth-order valence-corrected chi connectivity index (χ4v) is 3.52. The number of hydrogen-bond acceptors (Lipinski definition) is 2. The molecule has 0 aromatic heterocycles. The van der Waals surface area contributed by atoms with Gasteiger partial charge in [-0.05, 0) is 31.6 Å². The molecule has 1 aliphatic heterocycles. The zero-order valence-electron chi connectivity index (χ0n) is 13.3. The second kappa shape index (κ2) is 5.08. The van der Waals surface area contributed by atoms with Crippen LogP contribution in [0.25, 0.3) is 0 Å². The molecule has 2 fully saturated rings. The topological polar surface area (TPSA) is 32.3 Å². The fourth-order valence-electron chi connectivity index (χ4n) is 3.52. The second-order valence-electron chi connectivity index (χ2n) is 7.49. The average molecular weight is 266 g/mol. The third kappa shape index (κ3) is 2.54. The first kappa shape index (κ1) is 14.8. The van der Waals surface area contributed by atoms with Crippen molar-refractivity contribution in [3.63, 3.8) is 0 Å². The summed E-state index contributed by atoms with van der Waals surface area (Å²) in [6.45, 7) is 11.1. The molecular formula is C16H30N2O. The van der Waals surface area contributed by atoms with Crippen molar-refractivity contribution in [2.45, 2.75) is 90.9 Å². The Morgan fingerprint density at radius 3 is 2.42 bits per heavy atom. The van der Waals surface area contributed by atoms with Gasteiger partial charge in [-0.1, -0.05) is 47.0 Å². The third-order valence-corrected chi connectivity index (χ3v) is 5.11. The molecule has 3 nitrogen and oxygen atoms in total. The lowest BCUT2D eigenvalue weighted by molar-refractivity contribution is -0.137. The Bertz CT molecular complexity index is 339. The van der Waals surface area contributed by atoms with Gasteiger partial charge in [0, 0.05) is 6.04 Å². The van der Waals surface area contributed by atoms with E-state index in [0.717, 1.165) is 25.7 Å². The zero-order valence-corrected chi connectivity index (χ0v) is 13.3. The molecule has 1 heterocycles. The summed E-state index contributed by atoms with van der Waals surface area (Å²) in [6.07, 6.45) is 6.86. The summed E-state index contributed by atoms with van der Waals surface area (Å²) in [6, 6.07) is 0.282. The molecule has 0 aromatic rings. The van der Waals surface area contributed by atoms with E-state index in [1.54, 1.807) is 0 Å². The molecule has 2 atom stereocenters. The quantitative estimate of drug-likeness (QED) is 0.850. The molecule has 0 aromatic carbocycles. The van der Waals surface area contributed by atoms with Crippen LogP contribution >= 0.6 is 0 Å². The molecular weight excluding hydrogens is 236 g/mol. The average Bonchev–Trinajstić information content (AvgIpc) is 2.86. The van der Waals surface area contributed by atoms with Crippen LogP contribution in [0.2, 0.25) is 0 Å². The van der Waals surface area contributed by atoms with Gasteiger partial charge < -0.3 is 4.90 Å². The summed E-state index contributed by atoms with van der Waals surface area (Å²) in [4.78, 5) is 15.1. The Hall–Kier alpha value is -0.570. The summed E-state index contributed by atoms with van der Waals surface area (Å²) >= 11 is 0. The van der Waals surface area contributed by atoms with Crippen LogP contribution in [0.15, 0.2) is 0 Å². The molecule has 1 spiro atoms. The normalized spacial score (nSPS) is 28.4. The molecule has 2 unspecified atom stereocenters. The highest BCUT2D eigenvalue weighted by atomic mass is 16.2. The molecule has 0 bridgehead atoms. The van der Waals surface area contributed by atoms with Gasteiger partial charge in [0.1, 0.15) is 0 Å². The number of carbonyl (C=O) groups is 1. The summed E-state index contributed by atoms with van der Waals surface area (Å²) in [7, 11) is 0. The Balaban J connectivity index is 2.25. The van der Waals surface area contributed by atoms with E-state index in [-0.39, 0.29) is 23.2 Å². The predicted octanol–water partition coefficient (Wildman–Crippen LogP) is 3.29. The van der Waals surface area contributed by atoms with Gasteiger partial charge in [0.15, 0.2) is 0 Å². The maximum atomic E-state index is 13.0. The van der Waals surface area contributed by atoms with Gasteiger partial charge in [-0.15, -0.1) is 0 Å². The lowest BCUT2D eigenvalue weighted by atomic mass is 9.86. The van der Waals surface area contributed by atoms with Crippen LogP contribution in [0.5, 0.6) is 0 Å². The van der Waals surface area contributed by atoms with E-state index in [2.05, 4.69) is 44.8 Å². The van der Waals surface area contributed by atoms with Crippen molar-refractivity contribution >= 4 is 5.91 Å². The van der Waals surface area contributed by atoms with Crippen LogP contribution in [0.3, 0.4) is 0 Å². The van der Waals surface area contributed by atoms with Crippen LogP contribution in [0.1, 0.15) is 73.1 Å². The number of amides is 1. The number of nitrogens with zero attached hydrogens (tertiary/aromatic N) is 1. The first-order valence-corrected chi connectivity index (χ1v) is 7.92. The van der Waals surface area contributed by atoms with E-state index in [9.17, 15) is 4.79 Å². The molecule has 1 saturated heterocycles. The van der Waals surface area contributed by atoms with Crippen molar-refractivity contribution in [2.24, 2.45) is 5.41 Å². The van der Waals surface area contributed by atoms with E-state index in [4.69, 9.17) is 0 Å². The predicted molar refractivity (Wildman–Crippen MR) is 78.8 cm³/mol. The van der Waals surface area contributed by atoms with E-state index in [1.165, 1.54) is 12.8 Å². The molecule has 1 amide bonds. The molecule has 0 radical (unpaired) electrons. The first-order valence-electron chi connectivity index (χ1n) is 7.92. The monoisotopic (exact) mass is 266 g/mol. The maximum Gasteiger partial charge on any atom is 0.244 e. The summed E-state index contributed by atoms with van der Waals surface area (Å²) < 4.78 is 0. The highest BCUT2D eigenvalue weighted by Gasteiger charge is 2.54. The van der Waals surface area contributed by atoms with Crippen molar-refractivity contribution in [3.05, 3.63) is 0 Å². The van der Waals surface area contributed by atoms with Gasteiger partial charge in [-0.25, -0.2) is 0 Å². The zero-order chi connectivity index (χ0) is 14.3. The molecule has 1 saturated carbocycles. The highest BCUT2D eigenvalue weighted by Crippen LogP contribution is 2.40. The minimum atomic E-state index is -0.223. The number of nitrogens with one attached hydrogen (secondary N) is 1. The minimum Gasteiger partial charge on any atom is -0.322 e. The molecule has 110 valence electrons. The van der Waals surface area contributed by atoms with Crippen molar-refractivity contribution in [3.8, 4) is 0 Å². The molecule has 2 aliphatic rings. The smallest absolute Gasteiger partial charge is 0.244 e. The van der Waals surface area contributed by atoms with Gasteiger partial charge in [0.2, 0.25) is 5.91 Å². The Morgan fingerprint density at radius 1 is 1.37 bits per heavy atom. The molecule has 3 heteroatoms. The van der Waals surface area contributed by atoms with Crippen LogP contribution in [-0.4, -0.2) is 28.6 Å². The Morgan fingerprint density at radius 2 is 1.95 bits per heavy atom. The van der Waals surface area contributed by atoms with Crippen molar-refractivity contribution in [1.29, 1.82) is 0 Å². The molecule has 1 N–H and O–H groups in total. The molecule has 19 heavy (non-hydrogen) atoms. The van der Waals surface area contributed by atoms with Gasteiger partial charge in [-0.2, -0.15) is 0 Å². The van der Waals surface area contributed by atoms with Crippen LogP contribution in [-0.2, 0) is 4.79 Å². The van der Waals surface area contributed by atoms with E-state index in [1.807, 2.05) is 0 Å². The number of carbonyl (C=O) groups excluding carboxylic acids is 1. The van der Waals surface area contributed by atoms with Crippen molar-refractivity contribution in [2.75, 3.05) is 0 Å². The Kier molecular flexibility index (Phi) is 3.97. The van der Waals surface area contributed by atoms with E-state index >= 15 is 0 Å².